The number of pyridine rings is 1. The summed E-state index contributed by atoms with van der Waals surface area (Å²) in [7, 11) is 0. The van der Waals surface area contributed by atoms with Gasteiger partial charge in [0.05, 0.1) is 0 Å². The number of anilines is 2. The first kappa shape index (κ1) is 16.8. The third-order valence-corrected chi connectivity index (χ3v) is 3.47. The molecule has 23 heavy (non-hydrogen) atoms. The Morgan fingerprint density at radius 2 is 1.96 bits per heavy atom. The Bertz CT molecular complexity index is 803. The van der Waals surface area contributed by atoms with Gasteiger partial charge in [0.1, 0.15) is 0 Å². The van der Waals surface area contributed by atoms with Crippen molar-refractivity contribution in [2.75, 3.05) is 5.32 Å². The molecule has 0 saturated carbocycles. The number of nitrogens with one attached hydrogen (secondary N) is 1. The van der Waals surface area contributed by atoms with E-state index in [0.29, 0.717) is 12.4 Å². The Kier molecular flexibility index (Phi) is 5.23. The fourth-order valence-electron chi connectivity index (χ4n) is 2.23. The molecule has 2 aromatic heterocycles. The fraction of sp³-hybridized carbons (Fsp3) is 0.188. The summed E-state index contributed by atoms with van der Waals surface area (Å²) < 4.78 is 1.74. The highest BCUT2D eigenvalue weighted by Crippen LogP contribution is 2.16. The maximum Gasteiger partial charge on any atom is 0.247 e. The van der Waals surface area contributed by atoms with E-state index >= 15 is 0 Å². The topological polar surface area (TPSA) is 85.3 Å². The van der Waals surface area contributed by atoms with Crippen LogP contribution in [0.15, 0.2) is 48.5 Å². The van der Waals surface area contributed by atoms with Crippen molar-refractivity contribution in [2.24, 2.45) is 11.7 Å². The monoisotopic (exact) mass is 329 g/mol. The van der Waals surface area contributed by atoms with E-state index in [1.807, 2.05) is 48.5 Å². The minimum absolute atomic E-state index is 0. The number of nitrogens with two attached hydrogens (primary N) is 1. The number of hydrogen-bond donors (Lipinski definition) is 2. The fourth-order valence-corrected chi connectivity index (χ4v) is 2.23. The molecule has 3 aromatic rings. The second kappa shape index (κ2) is 7.15. The Balaban J connectivity index is 0.00000192. The Morgan fingerprint density at radius 3 is 2.65 bits per heavy atom. The first-order valence-electron chi connectivity index (χ1n) is 7.09. The molecule has 0 unspecified atom stereocenters. The second-order valence-electron chi connectivity index (χ2n) is 5.22. The van der Waals surface area contributed by atoms with Crippen molar-refractivity contribution in [1.82, 2.24) is 14.6 Å². The normalized spacial score (nSPS) is 11.7. The molecule has 1 atom stereocenters. The summed E-state index contributed by atoms with van der Waals surface area (Å²) in [6.07, 6.45) is 0.529. The average molecular weight is 329 g/mol. The molecule has 0 aliphatic carbocycles. The van der Waals surface area contributed by atoms with Crippen molar-refractivity contribution in [3.8, 4) is 0 Å². The van der Waals surface area contributed by atoms with E-state index < -0.39 is 0 Å². The molecule has 120 valence electrons. The predicted octanol–water partition coefficient (Wildman–Crippen LogP) is 2.25. The molecule has 0 bridgehead atoms. The number of carbonyl (C=O) groups is 1. The van der Waals surface area contributed by atoms with E-state index in [0.717, 1.165) is 17.0 Å². The van der Waals surface area contributed by atoms with Crippen molar-refractivity contribution < 1.29 is 4.79 Å². The van der Waals surface area contributed by atoms with Gasteiger partial charge >= 0.3 is 0 Å². The Labute approximate surface area is 141 Å². The molecule has 0 radical (unpaired) electrons. The number of hydrogen-bond acceptors (Lipinski definition) is 4. The van der Waals surface area contributed by atoms with E-state index in [-0.39, 0.29) is 25.3 Å². The molecule has 3 rings (SSSR count). The molecule has 1 amide bonds. The number of fused-ring (bicyclic) bond motifs is 1. The first-order valence-corrected chi connectivity index (χ1v) is 7.09. The highest BCUT2D eigenvalue weighted by atomic mass is 32.1. The molecule has 7 heteroatoms. The van der Waals surface area contributed by atoms with Gasteiger partial charge < -0.3 is 11.1 Å². The molecule has 0 fully saturated rings. The molecule has 0 aliphatic rings. The van der Waals surface area contributed by atoms with E-state index in [9.17, 15) is 4.79 Å². The van der Waals surface area contributed by atoms with E-state index in [2.05, 4.69) is 15.4 Å². The van der Waals surface area contributed by atoms with Crippen molar-refractivity contribution >= 4 is 36.7 Å². The van der Waals surface area contributed by atoms with Gasteiger partial charge in [0.2, 0.25) is 11.9 Å². The zero-order chi connectivity index (χ0) is 15.5. The number of primary amides is 1. The van der Waals surface area contributed by atoms with Crippen LogP contribution in [0.3, 0.4) is 0 Å². The van der Waals surface area contributed by atoms with Crippen molar-refractivity contribution in [3.05, 3.63) is 54.2 Å². The van der Waals surface area contributed by atoms with Crippen LogP contribution in [0.5, 0.6) is 0 Å². The van der Waals surface area contributed by atoms with Crippen LogP contribution in [-0.4, -0.2) is 20.5 Å². The first-order chi connectivity index (χ1) is 10.6. The van der Waals surface area contributed by atoms with E-state index in [4.69, 9.17) is 5.73 Å². The lowest BCUT2D eigenvalue weighted by atomic mass is 10.0. The van der Waals surface area contributed by atoms with Gasteiger partial charge in [-0.2, -0.15) is 18.5 Å². The summed E-state index contributed by atoms with van der Waals surface area (Å²) in [6, 6.07) is 15.4. The Morgan fingerprint density at radius 1 is 1.22 bits per heavy atom. The molecule has 0 aliphatic heterocycles. The SMILES string of the molecule is C[C@@H](Cc1cccc2nc(Nc3ccccc3)nn12)C(N)=O.S. The standard InChI is InChI=1S/C16H17N5O.H2S/c1-11(15(17)22)10-13-8-5-9-14-19-16(20-21(13)14)18-12-6-3-2-4-7-12;/h2-9,11H,10H2,1H3,(H2,17,22)(H,18,20);1H2/t11-;/m0./s1. The molecule has 0 spiro atoms. The lowest BCUT2D eigenvalue weighted by Crippen LogP contribution is -2.23. The lowest BCUT2D eigenvalue weighted by Gasteiger charge is -2.08. The largest absolute Gasteiger partial charge is 0.369 e. The number of rotatable bonds is 5. The van der Waals surface area contributed by atoms with Crippen molar-refractivity contribution in [1.29, 1.82) is 0 Å². The number of amides is 1. The molecule has 2 heterocycles. The molecular formula is C16H19N5OS. The zero-order valence-electron chi connectivity index (χ0n) is 12.7. The summed E-state index contributed by atoms with van der Waals surface area (Å²) in [6.45, 7) is 1.81. The second-order valence-corrected chi connectivity index (χ2v) is 5.22. The van der Waals surface area contributed by atoms with E-state index in [1.54, 1.807) is 11.4 Å². The van der Waals surface area contributed by atoms with Crippen LogP contribution in [0.4, 0.5) is 11.6 Å². The van der Waals surface area contributed by atoms with Gasteiger partial charge in [0, 0.05) is 23.7 Å². The predicted molar refractivity (Wildman–Crippen MR) is 95.2 cm³/mol. The summed E-state index contributed by atoms with van der Waals surface area (Å²) >= 11 is 0. The van der Waals surface area contributed by atoms with Crippen LogP contribution < -0.4 is 11.1 Å². The number of nitrogens with zero attached hydrogens (tertiary/aromatic N) is 3. The molecule has 3 N–H and O–H groups in total. The van der Waals surface area contributed by atoms with Crippen LogP contribution >= 0.6 is 13.5 Å². The summed E-state index contributed by atoms with van der Waals surface area (Å²) in [5, 5.41) is 7.62. The summed E-state index contributed by atoms with van der Waals surface area (Å²) in [5.41, 5.74) is 7.89. The maximum absolute atomic E-state index is 11.3. The Hall–Kier alpha value is -2.54. The minimum Gasteiger partial charge on any atom is -0.369 e. The number of benzene rings is 1. The van der Waals surface area contributed by atoms with Crippen LogP contribution in [0.25, 0.3) is 5.65 Å². The van der Waals surface area contributed by atoms with E-state index in [1.165, 1.54) is 0 Å². The molecule has 0 saturated heterocycles. The quantitative estimate of drug-likeness (QED) is 0.752. The van der Waals surface area contributed by atoms with Gasteiger partial charge in [-0.1, -0.05) is 31.2 Å². The number of para-hydroxylation sites is 1. The van der Waals surface area contributed by atoms with Gasteiger partial charge in [-0.25, -0.2) is 4.52 Å². The maximum atomic E-state index is 11.3. The van der Waals surface area contributed by atoms with Gasteiger partial charge in [-0.05, 0) is 24.3 Å². The third kappa shape index (κ3) is 3.81. The number of carbonyl (C=O) groups excluding carboxylic acids is 1. The van der Waals surface area contributed by atoms with Crippen molar-refractivity contribution in [2.45, 2.75) is 13.3 Å². The zero-order valence-corrected chi connectivity index (χ0v) is 13.7. The van der Waals surface area contributed by atoms with Crippen LogP contribution in [0.2, 0.25) is 0 Å². The van der Waals surface area contributed by atoms with Gasteiger partial charge in [-0.15, -0.1) is 5.10 Å². The third-order valence-electron chi connectivity index (χ3n) is 3.47. The van der Waals surface area contributed by atoms with Crippen LogP contribution in [0, 0.1) is 5.92 Å². The molecule has 1 aromatic carbocycles. The highest BCUT2D eigenvalue weighted by Gasteiger charge is 2.13. The smallest absolute Gasteiger partial charge is 0.247 e. The minimum atomic E-state index is -0.320. The number of aromatic nitrogens is 3. The average Bonchev–Trinajstić information content (AvgIpc) is 2.91. The van der Waals surface area contributed by atoms with Crippen molar-refractivity contribution in [3.63, 3.8) is 0 Å². The van der Waals surface area contributed by atoms with Crippen LogP contribution in [0.1, 0.15) is 12.6 Å². The van der Waals surface area contributed by atoms with Crippen LogP contribution in [-0.2, 0) is 11.2 Å². The summed E-state index contributed by atoms with van der Waals surface area (Å²) in [4.78, 5) is 15.7. The highest BCUT2D eigenvalue weighted by molar-refractivity contribution is 7.59. The molecule has 6 nitrogen and oxygen atoms in total. The summed E-state index contributed by atoms with van der Waals surface area (Å²) in [5.74, 6) is -0.0505. The molecular weight excluding hydrogens is 310 g/mol. The van der Waals surface area contributed by atoms with Gasteiger partial charge in [-0.3, -0.25) is 4.79 Å². The van der Waals surface area contributed by atoms with Gasteiger partial charge in [0.15, 0.2) is 5.65 Å². The lowest BCUT2D eigenvalue weighted by molar-refractivity contribution is -0.121. The van der Waals surface area contributed by atoms with Gasteiger partial charge in [0.25, 0.3) is 0 Å².